The summed E-state index contributed by atoms with van der Waals surface area (Å²) in [6.07, 6.45) is 5.64. The van der Waals surface area contributed by atoms with E-state index < -0.39 is 0 Å². The van der Waals surface area contributed by atoms with Crippen LogP contribution in [0.3, 0.4) is 0 Å². The van der Waals surface area contributed by atoms with Gasteiger partial charge in [-0.05, 0) is 61.1 Å². The minimum Gasteiger partial charge on any atom is -0.367 e. The summed E-state index contributed by atoms with van der Waals surface area (Å²) >= 11 is 0. The van der Waals surface area contributed by atoms with Crippen molar-refractivity contribution in [3.8, 4) is 0 Å². The third-order valence-electron chi connectivity index (χ3n) is 6.79. The zero-order chi connectivity index (χ0) is 16.6. The van der Waals surface area contributed by atoms with Crippen LogP contribution in [-0.4, -0.2) is 23.4 Å². The van der Waals surface area contributed by atoms with E-state index in [9.17, 15) is 9.59 Å². The van der Waals surface area contributed by atoms with E-state index in [-0.39, 0.29) is 30.3 Å². The van der Waals surface area contributed by atoms with Crippen LogP contribution in [0, 0.1) is 49.4 Å². The second kappa shape index (κ2) is 4.71. The summed E-state index contributed by atoms with van der Waals surface area (Å²) in [7, 11) is 0. The smallest absolute Gasteiger partial charge is 0.235 e. The van der Waals surface area contributed by atoms with Crippen molar-refractivity contribution in [1.82, 2.24) is 4.90 Å². The van der Waals surface area contributed by atoms with Crippen LogP contribution in [0.25, 0.3) is 0 Å². The molecule has 1 aromatic carbocycles. The van der Waals surface area contributed by atoms with Crippen molar-refractivity contribution >= 4 is 17.5 Å². The number of benzene rings is 1. The average Bonchev–Trinajstić information content (AvgIpc) is 3.35. The first kappa shape index (κ1) is 14.3. The molecule has 1 aliphatic heterocycles. The molecule has 1 saturated heterocycles. The largest absolute Gasteiger partial charge is 0.367 e. The van der Waals surface area contributed by atoms with Crippen LogP contribution in [0.2, 0.25) is 0 Å². The van der Waals surface area contributed by atoms with Gasteiger partial charge in [-0.2, -0.15) is 0 Å². The summed E-state index contributed by atoms with van der Waals surface area (Å²) in [5, 5.41) is 3.30. The highest BCUT2D eigenvalue weighted by atomic mass is 16.2. The van der Waals surface area contributed by atoms with Crippen molar-refractivity contribution < 1.29 is 9.59 Å². The third kappa shape index (κ3) is 1.74. The van der Waals surface area contributed by atoms with E-state index >= 15 is 0 Å². The van der Waals surface area contributed by atoms with E-state index in [4.69, 9.17) is 0 Å². The second-order valence-corrected chi connectivity index (χ2v) is 7.84. The van der Waals surface area contributed by atoms with Crippen molar-refractivity contribution in [2.75, 3.05) is 12.0 Å². The zero-order valence-electron chi connectivity index (χ0n) is 14.0. The number of hydrogen-bond donors (Lipinski definition) is 1. The van der Waals surface area contributed by atoms with Gasteiger partial charge in [0.2, 0.25) is 11.8 Å². The van der Waals surface area contributed by atoms with Gasteiger partial charge in [0, 0.05) is 5.69 Å². The molecule has 0 radical (unpaired) electrons. The maximum atomic E-state index is 12.9. The Labute approximate surface area is 141 Å². The lowest BCUT2D eigenvalue weighted by molar-refractivity contribution is -0.139. The van der Waals surface area contributed by atoms with Crippen molar-refractivity contribution in [2.24, 2.45) is 35.5 Å². The van der Waals surface area contributed by atoms with Crippen LogP contribution in [0.15, 0.2) is 30.4 Å². The summed E-state index contributed by atoms with van der Waals surface area (Å²) in [6.45, 7) is 4.41. The monoisotopic (exact) mass is 322 g/mol. The van der Waals surface area contributed by atoms with E-state index in [1.807, 2.05) is 12.1 Å². The molecule has 0 spiro atoms. The Morgan fingerprint density at radius 3 is 2.29 bits per heavy atom. The first-order valence-electron chi connectivity index (χ1n) is 8.91. The summed E-state index contributed by atoms with van der Waals surface area (Å²) in [5.74, 6) is 1.78. The molecule has 0 unspecified atom stereocenters. The Bertz CT molecular complexity index is 748. The van der Waals surface area contributed by atoms with E-state index in [0.717, 1.165) is 11.3 Å². The van der Waals surface area contributed by atoms with Crippen molar-refractivity contribution in [3.63, 3.8) is 0 Å². The van der Waals surface area contributed by atoms with E-state index in [2.05, 4.69) is 37.4 Å². The summed E-state index contributed by atoms with van der Waals surface area (Å²) < 4.78 is 0. The number of anilines is 1. The number of imide groups is 1. The number of allylic oxidation sites excluding steroid dienone is 2. The minimum absolute atomic E-state index is 0.0347. The molecule has 3 fully saturated rings. The topological polar surface area (TPSA) is 49.4 Å². The maximum Gasteiger partial charge on any atom is 0.235 e. The van der Waals surface area contributed by atoms with E-state index in [0.29, 0.717) is 23.7 Å². The number of likely N-dealkylation sites (tertiary alicyclic amines) is 1. The normalized spacial score (nSPS) is 38.3. The number of carbonyl (C=O) groups excluding carboxylic acids is 2. The highest BCUT2D eigenvalue weighted by Gasteiger charge is 2.66. The second-order valence-electron chi connectivity index (χ2n) is 7.84. The Hall–Kier alpha value is -2.10. The van der Waals surface area contributed by atoms with Gasteiger partial charge in [0.25, 0.3) is 0 Å². The Kier molecular flexibility index (Phi) is 2.80. The number of carbonyl (C=O) groups is 2. The van der Waals surface area contributed by atoms with Crippen molar-refractivity contribution in [3.05, 3.63) is 41.5 Å². The molecule has 124 valence electrons. The summed E-state index contributed by atoms with van der Waals surface area (Å²) in [5.41, 5.74) is 3.36. The van der Waals surface area contributed by atoms with Crippen LogP contribution in [-0.2, 0) is 9.59 Å². The lowest BCUT2D eigenvalue weighted by Crippen LogP contribution is -2.40. The number of amides is 2. The van der Waals surface area contributed by atoms with Crippen LogP contribution in [0.5, 0.6) is 0 Å². The Morgan fingerprint density at radius 2 is 1.67 bits per heavy atom. The lowest BCUT2D eigenvalue weighted by Gasteiger charge is -2.37. The fourth-order valence-electron chi connectivity index (χ4n) is 5.28. The van der Waals surface area contributed by atoms with Crippen LogP contribution < -0.4 is 5.32 Å². The summed E-state index contributed by atoms with van der Waals surface area (Å²) in [4.78, 5) is 27.3. The number of hydrogen-bond acceptors (Lipinski definition) is 3. The SMILES string of the molecule is Cc1cccc(NCN2C(=O)[C@@H]3[C@@H]4C=C[C@H]([C@H]5C[C@H]45)[C@@H]3C2=O)c1C. The third-order valence-corrected chi connectivity index (χ3v) is 6.79. The highest BCUT2D eigenvalue weighted by Crippen LogP contribution is 2.65. The Balaban J connectivity index is 1.38. The average molecular weight is 322 g/mol. The molecule has 24 heavy (non-hydrogen) atoms. The van der Waals surface area contributed by atoms with Crippen LogP contribution >= 0.6 is 0 Å². The highest BCUT2D eigenvalue weighted by molar-refractivity contribution is 6.06. The number of nitrogens with zero attached hydrogens (tertiary/aromatic N) is 1. The molecule has 4 heteroatoms. The quantitative estimate of drug-likeness (QED) is 0.688. The van der Waals surface area contributed by atoms with Crippen molar-refractivity contribution in [2.45, 2.75) is 20.3 Å². The molecule has 4 nitrogen and oxygen atoms in total. The van der Waals surface area contributed by atoms with Gasteiger partial charge in [0.15, 0.2) is 0 Å². The molecule has 2 saturated carbocycles. The molecule has 5 aliphatic rings. The van der Waals surface area contributed by atoms with Crippen molar-refractivity contribution in [1.29, 1.82) is 0 Å². The minimum atomic E-state index is -0.100. The van der Waals surface area contributed by atoms with Gasteiger partial charge in [-0.15, -0.1) is 0 Å². The zero-order valence-corrected chi connectivity index (χ0v) is 14.0. The molecule has 1 N–H and O–H groups in total. The van der Waals surface area contributed by atoms with Gasteiger partial charge >= 0.3 is 0 Å². The Morgan fingerprint density at radius 1 is 1.04 bits per heavy atom. The van der Waals surface area contributed by atoms with Gasteiger partial charge in [0.1, 0.15) is 0 Å². The molecular formula is C20H22N2O2. The first-order valence-corrected chi connectivity index (χ1v) is 8.91. The fourth-order valence-corrected chi connectivity index (χ4v) is 5.28. The van der Waals surface area contributed by atoms with Gasteiger partial charge < -0.3 is 5.32 Å². The molecule has 6 rings (SSSR count). The predicted octanol–water partition coefficient (Wildman–Crippen LogP) is 2.73. The molecule has 2 bridgehead atoms. The van der Waals surface area contributed by atoms with Gasteiger partial charge in [0.05, 0.1) is 18.5 Å². The number of nitrogens with one attached hydrogen (secondary N) is 1. The lowest BCUT2D eigenvalue weighted by atomic mass is 9.63. The molecule has 6 atom stereocenters. The maximum absolute atomic E-state index is 12.9. The standard InChI is InChI=1S/C20H22N2O2/c1-10-4-3-5-16(11(10)2)21-9-22-19(23)17-12-6-7-13(15-8-14(12)15)18(17)20(22)24/h3-7,12-15,17-18,21H,8-9H2,1-2H3/t12-,13-,14-,15-,17-,18+/m1/s1. The van der Waals surface area contributed by atoms with Gasteiger partial charge in [-0.1, -0.05) is 24.3 Å². The molecule has 4 aliphatic carbocycles. The predicted molar refractivity (Wildman–Crippen MR) is 91.0 cm³/mol. The van der Waals surface area contributed by atoms with Gasteiger partial charge in [-0.25, -0.2) is 0 Å². The van der Waals surface area contributed by atoms with Gasteiger partial charge in [-0.3, -0.25) is 14.5 Å². The number of aryl methyl sites for hydroxylation is 1. The number of rotatable bonds is 3. The van der Waals surface area contributed by atoms with Crippen LogP contribution in [0.4, 0.5) is 5.69 Å². The molecule has 2 amide bonds. The molecular weight excluding hydrogens is 300 g/mol. The fraction of sp³-hybridized carbons (Fsp3) is 0.500. The first-order chi connectivity index (χ1) is 11.6. The van der Waals surface area contributed by atoms with E-state index in [1.54, 1.807) is 0 Å². The van der Waals surface area contributed by atoms with Crippen LogP contribution in [0.1, 0.15) is 17.5 Å². The van der Waals surface area contributed by atoms with E-state index in [1.165, 1.54) is 16.9 Å². The molecule has 0 aromatic heterocycles. The molecule has 1 heterocycles. The summed E-state index contributed by atoms with van der Waals surface area (Å²) in [6, 6.07) is 6.06. The molecule has 1 aromatic rings.